The number of nitrogens with two attached hydrogens (primary N) is 1. The molecule has 0 aromatic carbocycles. The van der Waals surface area contributed by atoms with E-state index >= 15 is 0 Å². The van der Waals surface area contributed by atoms with E-state index < -0.39 is 0 Å². The van der Waals surface area contributed by atoms with Gasteiger partial charge in [-0.2, -0.15) is 0 Å². The van der Waals surface area contributed by atoms with Gasteiger partial charge in [-0.15, -0.1) is 0 Å². The summed E-state index contributed by atoms with van der Waals surface area (Å²) in [5, 5.41) is 0. The van der Waals surface area contributed by atoms with E-state index in [0.29, 0.717) is 10.8 Å². The third-order valence-corrected chi connectivity index (χ3v) is 9.98. The van der Waals surface area contributed by atoms with E-state index in [1.165, 1.54) is 83.5 Å². The average Bonchev–Trinajstić information content (AvgIpc) is 2.95. The SMILES string of the molecule is CC(C)CCCCC1CCC2C1(C)CCC1C3(C)CCCCC3=CCC12N. The molecule has 154 valence electrons. The second kappa shape index (κ2) is 7.19. The van der Waals surface area contributed by atoms with Gasteiger partial charge in [0.1, 0.15) is 0 Å². The van der Waals surface area contributed by atoms with Crippen LogP contribution in [0.5, 0.6) is 0 Å². The molecule has 27 heavy (non-hydrogen) atoms. The van der Waals surface area contributed by atoms with Gasteiger partial charge in [-0.3, -0.25) is 0 Å². The van der Waals surface area contributed by atoms with Crippen LogP contribution >= 0.6 is 0 Å². The Balaban J connectivity index is 1.51. The predicted molar refractivity (Wildman–Crippen MR) is 117 cm³/mol. The van der Waals surface area contributed by atoms with E-state index in [9.17, 15) is 0 Å². The molecule has 2 N–H and O–H groups in total. The van der Waals surface area contributed by atoms with Gasteiger partial charge in [0.05, 0.1) is 0 Å². The second-order valence-corrected chi connectivity index (χ2v) is 11.8. The van der Waals surface area contributed by atoms with Crippen molar-refractivity contribution in [1.82, 2.24) is 0 Å². The fraction of sp³-hybridized carbons (Fsp3) is 0.923. The van der Waals surface area contributed by atoms with Crippen molar-refractivity contribution in [3.63, 3.8) is 0 Å². The number of hydrogen-bond acceptors (Lipinski definition) is 1. The highest BCUT2D eigenvalue weighted by Crippen LogP contribution is 2.67. The van der Waals surface area contributed by atoms with Gasteiger partial charge in [-0.05, 0) is 92.3 Å². The largest absolute Gasteiger partial charge is 0.324 e. The van der Waals surface area contributed by atoms with Gasteiger partial charge in [-0.1, -0.05) is 65.0 Å². The van der Waals surface area contributed by atoms with Crippen LogP contribution in [0.1, 0.15) is 111 Å². The molecule has 0 aliphatic heterocycles. The molecule has 4 rings (SSSR count). The first-order valence-electron chi connectivity index (χ1n) is 12.3. The lowest BCUT2D eigenvalue weighted by Gasteiger charge is -2.62. The van der Waals surface area contributed by atoms with Gasteiger partial charge in [0.25, 0.3) is 0 Å². The van der Waals surface area contributed by atoms with Crippen molar-refractivity contribution in [1.29, 1.82) is 0 Å². The third kappa shape index (κ3) is 3.15. The van der Waals surface area contributed by atoms with Crippen LogP contribution in [0, 0.1) is 34.5 Å². The van der Waals surface area contributed by atoms with Crippen molar-refractivity contribution in [2.75, 3.05) is 0 Å². The van der Waals surface area contributed by atoms with Gasteiger partial charge in [-0.25, -0.2) is 0 Å². The molecule has 3 fully saturated rings. The van der Waals surface area contributed by atoms with Gasteiger partial charge >= 0.3 is 0 Å². The molecule has 6 atom stereocenters. The number of unbranched alkanes of at least 4 members (excludes halogenated alkanes) is 1. The average molecular weight is 372 g/mol. The predicted octanol–water partition coefficient (Wildman–Crippen LogP) is 7.25. The Hall–Kier alpha value is -0.300. The van der Waals surface area contributed by atoms with Gasteiger partial charge in [0, 0.05) is 5.54 Å². The summed E-state index contributed by atoms with van der Waals surface area (Å²) in [5.41, 5.74) is 10.2. The topological polar surface area (TPSA) is 26.0 Å². The molecular formula is C26H45N. The Morgan fingerprint density at radius 2 is 1.85 bits per heavy atom. The van der Waals surface area contributed by atoms with Crippen LogP contribution in [0.25, 0.3) is 0 Å². The first-order chi connectivity index (χ1) is 12.8. The maximum absolute atomic E-state index is 7.44. The molecule has 1 nitrogen and oxygen atoms in total. The van der Waals surface area contributed by atoms with Gasteiger partial charge in [0.2, 0.25) is 0 Å². The van der Waals surface area contributed by atoms with E-state index in [1.54, 1.807) is 5.57 Å². The second-order valence-electron chi connectivity index (χ2n) is 11.8. The van der Waals surface area contributed by atoms with Crippen LogP contribution in [0.3, 0.4) is 0 Å². The van der Waals surface area contributed by atoms with Crippen molar-refractivity contribution in [3.8, 4) is 0 Å². The molecule has 4 aliphatic rings. The van der Waals surface area contributed by atoms with E-state index in [-0.39, 0.29) is 5.54 Å². The zero-order chi connectivity index (χ0) is 19.3. The van der Waals surface area contributed by atoms with Gasteiger partial charge < -0.3 is 5.73 Å². The lowest BCUT2D eigenvalue weighted by molar-refractivity contribution is -0.0613. The van der Waals surface area contributed by atoms with Crippen molar-refractivity contribution in [2.24, 2.45) is 40.2 Å². The summed E-state index contributed by atoms with van der Waals surface area (Å²) in [7, 11) is 0. The molecule has 1 heteroatoms. The fourth-order valence-electron chi connectivity index (χ4n) is 8.44. The summed E-state index contributed by atoms with van der Waals surface area (Å²) in [5.74, 6) is 3.29. The van der Waals surface area contributed by atoms with Crippen LogP contribution in [0.4, 0.5) is 0 Å². The van der Waals surface area contributed by atoms with Gasteiger partial charge in [0.15, 0.2) is 0 Å². The normalized spacial score (nSPS) is 46.6. The Morgan fingerprint density at radius 1 is 1.04 bits per heavy atom. The van der Waals surface area contributed by atoms with Crippen LogP contribution in [-0.4, -0.2) is 5.54 Å². The minimum absolute atomic E-state index is 0.0786. The first-order valence-corrected chi connectivity index (χ1v) is 12.3. The van der Waals surface area contributed by atoms with Crippen molar-refractivity contribution in [3.05, 3.63) is 11.6 Å². The maximum atomic E-state index is 7.44. The first kappa shape index (κ1) is 20.0. The molecule has 0 saturated heterocycles. The molecule has 0 radical (unpaired) electrons. The fourth-order valence-corrected chi connectivity index (χ4v) is 8.44. The molecule has 4 aliphatic carbocycles. The number of allylic oxidation sites excluding steroid dienone is 1. The van der Waals surface area contributed by atoms with E-state index in [0.717, 1.165) is 23.7 Å². The maximum Gasteiger partial charge on any atom is 0.0260 e. The summed E-state index contributed by atoms with van der Waals surface area (Å²) < 4.78 is 0. The molecule has 0 bridgehead atoms. The van der Waals surface area contributed by atoms with Crippen molar-refractivity contribution in [2.45, 2.75) is 117 Å². The van der Waals surface area contributed by atoms with Crippen molar-refractivity contribution < 1.29 is 0 Å². The lowest BCUT2D eigenvalue weighted by atomic mass is 9.44. The van der Waals surface area contributed by atoms with Crippen LogP contribution < -0.4 is 5.73 Å². The standard InChI is InChI=1S/C26H45N/c1-19(2)9-5-6-10-20-12-13-22-25(20,4)17-15-23-24(3)16-8-7-11-21(24)14-18-26(22,23)27/h14,19-20,22-23H,5-13,15-18,27H2,1-4H3. The van der Waals surface area contributed by atoms with E-state index in [2.05, 4.69) is 33.8 Å². The molecule has 6 unspecified atom stereocenters. The number of hydrogen-bond donors (Lipinski definition) is 1. The summed E-state index contributed by atoms with van der Waals surface area (Å²) in [6.45, 7) is 9.96. The molecule has 0 heterocycles. The zero-order valence-electron chi connectivity index (χ0n) is 18.7. The molecular weight excluding hydrogens is 326 g/mol. The number of rotatable bonds is 5. The molecule has 0 amide bonds. The Bertz CT molecular complexity index is 577. The molecule has 0 aromatic rings. The third-order valence-electron chi connectivity index (χ3n) is 9.98. The van der Waals surface area contributed by atoms with E-state index in [1.807, 2.05) is 0 Å². The quantitative estimate of drug-likeness (QED) is 0.399. The highest BCUT2D eigenvalue weighted by atomic mass is 14.9. The Kier molecular flexibility index (Phi) is 5.32. The smallest absolute Gasteiger partial charge is 0.0260 e. The van der Waals surface area contributed by atoms with Crippen LogP contribution in [0.15, 0.2) is 11.6 Å². The van der Waals surface area contributed by atoms with E-state index in [4.69, 9.17) is 5.73 Å². The minimum Gasteiger partial charge on any atom is -0.324 e. The Morgan fingerprint density at radius 3 is 2.63 bits per heavy atom. The molecule has 0 aromatic heterocycles. The van der Waals surface area contributed by atoms with Crippen LogP contribution in [0.2, 0.25) is 0 Å². The lowest BCUT2D eigenvalue weighted by Crippen LogP contribution is -2.65. The Labute approximate surface area is 168 Å². The zero-order valence-corrected chi connectivity index (χ0v) is 18.7. The molecule has 0 spiro atoms. The van der Waals surface area contributed by atoms with Crippen molar-refractivity contribution >= 4 is 0 Å². The summed E-state index contributed by atoms with van der Waals surface area (Å²) >= 11 is 0. The monoisotopic (exact) mass is 371 g/mol. The summed E-state index contributed by atoms with van der Waals surface area (Å²) in [6.07, 6.45) is 20.8. The van der Waals surface area contributed by atoms with Crippen LogP contribution in [-0.2, 0) is 0 Å². The molecule has 3 saturated carbocycles. The highest BCUT2D eigenvalue weighted by Gasteiger charge is 2.63. The highest BCUT2D eigenvalue weighted by molar-refractivity contribution is 5.29. The summed E-state index contributed by atoms with van der Waals surface area (Å²) in [4.78, 5) is 0. The summed E-state index contributed by atoms with van der Waals surface area (Å²) in [6, 6.07) is 0. The minimum atomic E-state index is 0.0786. The number of fused-ring (bicyclic) bond motifs is 5.